The average Bonchev–Trinajstić information content (AvgIpc) is 2.69. The monoisotopic (exact) mass is 427 g/mol. The number of hydrogen-bond donors (Lipinski definition) is 1. The summed E-state index contributed by atoms with van der Waals surface area (Å²) >= 11 is 9.39. The molecule has 0 radical (unpaired) electrons. The molecule has 1 amide bonds. The van der Waals surface area contributed by atoms with Crippen molar-refractivity contribution >= 4 is 46.7 Å². The van der Waals surface area contributed by atoms with E-state index in [1.165, 1.54) is 10.5 Å². The molecule has 0 aliphatic heterocycles. The van der Waals surface area contributed by atoms with Gasteiger partial charge in [-0.15, -0.1) is 23.5 Å². The number of carbonyl (C=O) groups excluding carboxylic acids is 1. The van der Waals surface area contributed by atoms with E-state index in [0.29, 0.717) is 5.75 Å². The number of halogens is 1. The van der Waals surface area contributed by atoms with E-state index in [-0.39, 0.29) is 5.91 Å². The first-order valence-electron chi connectivity index (χ1n) is 8.99. The molecule has 0 aliphatic carbocycles. The van der Waals surface area contributed by atoms with Crippen LogP contribution in [0.5, 0.6) is 0 Å². The van der Waals surface area contributed by atoms with Crippen LogP contribution in [0.4, 0.5) is 5.69 Å². The summed E-state index contributed by atoms with van der Waals surface area (Å²) in [5.41, 5.74) is 4.34. The van der Waals surface area contributed by atoms with E-state index in [1.807, 2.05) is 55.1 Å². The van der Waals surface area contributed by atoms with Gasteiger partial charge in [0.25, 0.3) is 0 Å². The third-order valence-electron chi connectivity index (χ3n) is 4.10. The van der Waals surface area contributed by atoms with Gasteiger partial charge in [0.1, 0.15) is 0 Å². The Hall–Kier alpha value is -1.88. The first-order valence-corrected chi connectivity index (χ1v) is 11.5. The molecule has 0 aliphatic rings. The minimum atomic E-state index is 0.0153. The van der Waals surface area contributed by atoms with Crippen molar-refractivity contribution in [2.75, 3.05) is 11.1 Å². The number of aryl methyl sites for hydroxylation is 1. The van der Waals surface area contributed by atoms with E-state index >= 15 is 0 Å². The van der Waals surface area contributed by atoms with Crippen LogP contribution < -0.4 is 5.32 Å². The molecule has 1 N–H and O–H groups in total. The molecule has 28 heavy (non-hydrogen) atoms. The Morgan fingerprint density at radius 2 is 1.71 bits per heavy atom. The van der Waals surface area contributed by atoms with Crippen molar-refractivity contribution in [1.29, 1.82) is 0 Å². The second-order valence-electron chi connectivity index (χ2n) is 6.42. The number of thioether (sulfide) groups is 2. The van der Waals surface area contributed by atoms with Gasteiger partial charge in [-0.3, -0.25) is 4.79 Å². The fourth-order valence-corrected chi connectivity index (χ4v) is 4.56. The minimum absolute atomic E-state index is 0.0153. The molecule has 0 bridgehead atoms. The van der Waals surface area contributed by atoms with Gasteiger partial charge in [-0.1, -0.05) is 54.1 Å². The normalized spacial score (nSPS) is 10.6. The molecular weight excluding hydrogens is 406 g/mol. The number of nitrogens with one attached hydrogen (secondary N) is 1. The van der Waals surface area contributed by atoms with E-state index in [2.05, 4.69) is 41.7 Å². The Morgan fingerprint density at radius 1 is 0.929 bits per heavy atom. The number of rotatable bonds is 8. The number of amides is 1. The van der Waals surface area contributed by atoms with Crippen LogP contribution in [0.25, 0.3) is 0 Å². The lowest BCUT2D eigenvalue weighted by molar-refractivity contribution is -0.113. The molecule has 0 heterocycles. The molecule has 3 rings (SSSR count). The highest BCUT2D eigenvalue weighted by molar-refractivity contribution is 7.99. The van der Waals surface area contributed by atoms with Gasteiger partial charge in [0.2, 0.25) is 5.91 Å². The van der Waals surface area contributed by atoms with Crippen LogP contribution in [-0.4, -0.2) is 11.7 Å². The molecule has 3 aromatic rings. The van der Waals surface area contributed by atoms with Crippen molar-refractivity contribution in [3.63, 3.8) is 0 Å². The Balaban J connectivity index is 1.47. The number of anilines is 1. The fraction of sp³-hybridized carbons (Fsp3) is 0.174. The smallest absolute Gasteiger partial charge is 0.234 e. The zero-order valence-electron chi connectivity index (χ0n) is 15.7. The van der Waals surface area contributed by atoms with Gasteiger partial charge < -0.3 is 5.32 Å². The van der Waals surface area contributed by atoms with Gasteiger partial charge >= 0.3 is 0 Å². The largest absolute Gasteiger partial charge is 0.325 e. The van der Waals surface area contributed by atoms with Gasteiger partial charge in [-0.2, -0.15) is 0 Å². The maximum Gasteiger partial charge on any atom is 0.234 e. The summed E-state index contributed by atoms with van der Waals surface area (Å²) in [6.07, 6.45) is 0. The zero-order valence-corrected chi connectivity index (χ0v) is 18.0. The molecule has 0 atom stereocenters. The van der Waals surface area contributed by atoms with Crippen LogP contribution in [0.3, 0.4) is 0 Å². The number of benzene rings is 3. The average molecular weight is 428 g/mol. The standard InChI is InChI=1S/C23H22ClNOS2/c1-17-12-19(15-28-21-8-3-2-4-9-21)10-11-22(17)25-23(26)16-27-14-18-6-5-7-20(24)13-18/h2-13H,14-16H2,1H3,(H,25,26). The maximum atomic E-state index is 12.3. The molecule has 0 saturated heterocycles. The Labute approximate surface area is 180 Å². The Morgan fingerprint density at radius 3 is 2.46 bits per heavy atom. The van der Waals surface area contributed by atoms with E-state index in [0.717, 1.165) is 33.3 Å². The summed E-state index contributed by atoms with van der Waals surface area (Å²) < 4.78 is 0. The Kier molecular flexibility index (Phi) is 7.90. The number of hydrogen-bond acceptors (Lipinski definition) is 3. The molecule has 0 fully saturated rings. The molecule has 0 spiro atoms. The van der Waals surface area contributed by atoms with Crippen molar-refractivity contribution in [3.8, 4) is 0 Å². The highest BCUT2D eigenvalue weighted by Gasteiger charge is 2.07. The molecule has 5 heteroatoms. The predicted molar refractivity (Wildman–Crippen MR) is 123 cm³/mol. The first-order chi connectivity index (χ1) is 13.6. The van der Waals surface area contributed by atoms with Crippen molar-refractivity contribution in [2.45, 2.75) is 23.3 Å². The lowest BCUT2D eigenvalue weighted by atomic mass is 10.1. The number of carbonyl (C=O) groups is 1. The molecule has 0 unspecified atom stereocenters. The van der Waals surface area contributed by atoms with Crippen molar-refractivity contribution < 1.29 is 4.79 Å². The molecule has 0 saturated carbocycles. The maximum absolute atomic E-state index is 12.3. The summed E-state index contributed by atoms with van der Waals surface area (Å²) in [7, 11) is 0. The molecular formula is C23H22ClNOS2. The third-order valence-corrected chi connectivity index (χ3v) is 6.43. The fourth-order valence-electron chi connectivity index (χ4n) is 2.71. The van der Waals surface area contributed by atoms with Gasteiger partial charge in [0.15, 0.2) is 0 Å². The highest BCUT2D eigenvalue weighted by atomic mass is 35.5. The second kappa shape index (κ2) is 10.6. The van der Waals surface area contributed by atoms with Crippen LogP contribution in [0, 0.1) is 6.92 Å². The highest BCUT2D eigenvalue weighted by Crippen LogP contribution is 2.25. The van der Waals surface area contributed by atoms with Crippen LogP contribution in [0.2, 0.25) is 5.02 Å². The van der Waals surface area contributed by atoms with Crippen LogP contribution >= 0.6 is 35.1 Å². The van der Waals surface area contributed by atoms with Gasteiger partial charge in [0.05, 0.1) is 5.75 Å². The molecule has 144 valence electrons. The quantitative estimate of drug-likeness (QED) is 0.400. The van der Waals surface area contributed by atoms with E-state index in [4.69, 9.17) is 11.6 Å². The minimum Gasteiger partial charge on any atom is -0.325 e. The van der Waals surface area contributed by atoms with Crippen molar-refractivity contribution in [3.05, 3.63) is 94.5 Å². The van der Waals surface area contributed by atoms with Gasteiger partial charge in [-0.25, -0.2) is 0 Å². The van der Waals surface area contributed by atoms with Crippen molar-refractivity contribution in [2.24, 2.45) is 0 Å². The van der Waals surface area contributed by atoms with Crippen molar-refractivity contribution in [1.82, 2.24) is 0 Å². The molecule has 0 aromatic heterocycles. The van der Waals surface area contributed by atoms with E-state index < -0.39 is 0 Å². The lowest BCUT2D eigenvalue weighted by Gasteiger charge is -2.10. The summed E-state index contributed by atoms with van der Waals surface area (Å²) in [5.74, 6) is 2.11. The van der Waals surface area contributed by atoms with E-state index in [1.54, 1.807) is 11.8 Å². The topological polar surface area (TPSA) is 29.1 Å². The summed E-state index contributed by atoms with van der Waals surface area (Å²) in [6.45, 7) is 2.03. The van der Waals surface area contributed by atoms with Gasteiger partial charge in [-0.05, 0) is 53.9 Å². The van der Waals surface area contributed by atoms with Crippen LogP contribution in [-0.2, 0) is 16.3 Å². The SMILES string of the molecule is Cc1cc(CSc2ccccc2)ccc1NC(=O)CSCc1cccc(Cl)c1. The van der Waals surface area contributed by atoms with E-state index in [9.17, 15) is 4.79 Å². The summed E-state index contributed by atoms with van der Waals surface area (Å²) in [6, 6.07) is 24.3. The summed E-state index contributed by atoms with van der Waals surface area (Å²) in [5, 5.41) is 3.74. The zero-order chi connectivity index (χ0) is 19.8. The van der Waals surface area contributed by atoms with Crippen LogP contribution in [0.1, 0.15) is 16.7 Å². The first kappa shape index (κ1) is 20.8. The third kappa shape index (κ3) is 6.62. The second-order valence-corrected chi connectivity index (χ2v) is 8.89. The molecule has 2 nitrogen and oxygen atoms in total. The Bertz CT molecular complexity index is 931. The summed E-state index contributed by atoms with van der Waals surface area (Å²) in [4.78, 5) is 13.5. The predicted octanol–water partition coefficient (Wildman–Crippen LogP) is 6.81. The molecule has 3 aromatic carbocycles. The lowest BCUT2D eigenvalue weighted by Crippen LogP contribution is -2.15. The van der Waals surface area contributed by atoms with Gasteiger partial charge in [0, 0.05) is 27.1 Å². The van der Waals surface area contributed by atoms with Crippen LogP contribution in [0.15, 0.2) is 77.7 Å².